The highest BCUT2D eigenvalue weighted by atomic mass is 16.5. The molecular formula is C26H27BN2O2. The van der Waals surface area contributed by atoms with Crippen LogP contribution in [0.5, 0.6) is 5.75 Å². The van der Waals surface area contributed by atoms with Gasteiger partial charge in [-0.3, -0.25) is 9.48 Å². The fourth-order valence-corrected chi connectivity index (χ4v) is 4.69. The van der Waals surface area contributed by atoms with E-state index in [1.54, 1.807) is 0 Å². The summed E-state index contributed by atoms with van der Waals surface area (Å²) in [6.07, 6.45) is 5.96. The molecule has 0 saturated heterocycles. The Bertz CT molecular complexity index is 1240. The van der Waals surface area contributed by atoms with Crippen molar-refractivity contribution >= 4 is 24.2 Å². The number of rotatable bonds is 5. The SMILES string of the molecule is Bc1ccc2c(c1)c(=O)n(-c1ccc(OCc3ccccc3)cc1)n2C1CCCCC1. The van der Waals surface area contributed by atoms with Gasteiger partial charge >= 0.3 is 0 Å². The third kappa shape index (κ3) is 3.92. The van der Waals surface area contributed by atoms with Crippen molar-refractivity contribution in [1.29, 1.82) is 0 Å². The highest BCUT2D eigenvalue weighted by Crippen LogP contribution is 2.31. The average molecular weight is 410 g/mol. The maximum absolute atomic E-state index is 13.5. The van der Waals surface area contributed by atoms with Crippen LogP contribution in [0.2, 0.25) is 0 Å². The van der Waals surface area contributed by atoms with E-state index in [1.807, 2.05) is 61.1 Å². The molecule has 0 aliphatic heterocycles. The summed E-state index contributed by atoms with van der Waals surface area (Å²) in [6.45, 7) is 0.530. The second kappa shape index (κ2) is 8.50. The Morgan fingerprint density at radius 3 is 2.39 bits per heavy atom. The Kier molecular flexibility index (Phi) is 5.41. The topological polar surface area (TPSA) is 36.2 Å². The number of hydrogen-bond donors (Lipinski definition) is 0. The van der Waals surface area contributed by atoms with Crippen molar-refractivity contribution in [1.82, 2.24) is 9.36 Å². The summed E-state index contributed by atoms with van der Waals surface area (Å²) in [5, 5.41) is 0.801. The van der Waals surface area contributed by atoms with E-state index in [-0.39, 0.29) is 5.56 Å². The number of benzene rings is 3. The Hall–Kier alpha value is -3.21. The Morgan fingerprint density at radius 1 is 0.903 bits per heavy atom. The molecule has 1 fully saturated rings. The van der Waals surface area contributed by atoms with Crippen molar-refractivity contribution in [3.05, 3.63) is 88.7 Å². The molecule has 3 aromatic carbocycles. The van der Waals surface area contributed by atoms with Crippen LogP contribution in [-0.2, 0) is 6.61 Å². The first kappa shape index (κ1) is 19.7. The number of nitrogens with zero attached hydrogens (tertiary/aromatic N) is 2. The van der Waals surface area contributed by atoms with Gasteiger partial charge in [-0.1, -0.05) is 67.2 Å². The van der Waals surface area contributed by atoms with E-state index in [1.165, 1.54) is 19.3 Å². The van der Waals surface area contributed by atoms with Gasteiger partial charge < -0.3 is 4.74 Å². The molecule has 0 atom stereocenters. The molecule has 1 aliphatic carbocycles. The van der Waals surface area contributed by atoms with Crippen LogP contribution < -0.4 is 15.8 Å². The predicted octanol–water partition coefficient (Wildman–Crippen LogP) is 4.13. The molecule has 1 aliphatic rings. The van der Waals surface area contributed by atoms with Crippen LogP contribution in [-0.4, -0.2) is 17.2 Å². The van der Waals surface area contributed by atoms with Gasteiger partial charge in [0.05, 0.1) is 22.6 Å². The molecule has 0 spiro atoms. The molecule has 0 radical (unpaired) electrons. The number of hydrogen-bond acceptors (Lipinski definition) is 2. The minimum atomic E-state index is 0.0576. The zero-order valence-corrected chi connectivity index (χ0v) is 18.0. The molecule has 1 aromatic heterocycles. The fraction of sp³-hybridized carbons (Fsp3) is 0.269. The zero-order chi connectivity index (χ0) is 21.2. The maximum atomic E-state index is 13.5. The van der Waals surface area contributed by atoms with Crippen molar-refractivity contribution in [2.45, 2.75) is 44.8 Å². The van der Waals surface area contributed by atoms with Crippen LogP contribution in [0.25, 0.3) is 16.6 Å². The van der Waals surface area contributed by atoms with Crippen LogP contribution in [0.15, 0.2) is 77.6 Å². The highest BCUT2D eigenvalue weighted by Gasteiger charge is 2.23. The van der Waals surface area contributed by atoms with Crippen molar-refractivity contribution in [2.24, 2.45) is 0 Å². The molecule has 0 amide bonds. The lowest BCUT2D eigenvalue weighted by molar-refractivity contribution is 0.305. The fourth-order valence-electron chi connectivity index (χ4n) is 4.69. The first-order valence-electron chi connectivity index (χ1n) is 11.2. The van der Waals surface area contributed by atoms with Gasteiger partial charge in [0.2, 0.25) is 0 Å². The molecule has 4 nitrogen and oxygen atoms in total. The molecule has 0 bridgehead atoms. The van der Waals surface area contributed by atoms with Gasteiger partial charge in [0, 0.05) is 0 Å². The van der Waals surface area contributed by atoms with Crippen LogP contribution in [0, 0.1) is 0 Å². The Labute approximate surface area is 183 Å². The first-order valence-corrected chi connectivity index (χ1v) is 11.2. The summed E-state index contributed by atoms with van der Waals surface area (Å²) in [6, 6.07) is 24.6. The van der Waals surface area contributed by atoms with E-state index < -0.39 is 0 Å². The summed E-state index contributed by atoms with van der Waals surface area (Å²) in [7, 11) is 2.04. The van der Waals surface area contributed by atoms with Gasteiger partial charge in [-0.15, -0.1) is 0 Å². The first-order chi connectivity index (χ1) is 15.2. The van der Waals surface area contributed by atoms with Crippen molar-refractivity contribution in [3.63, 3.8) is 0 Å². The lowest BCUT2D eigenvalue weighted by atomic mass is 9.94. The zero-order valence-electron chi connectivity index (χ0n) is 18.0. The third-order valence-corrected chi connectivity index (χ3v) is 6.29. The van der Waals surface area contributed by atoms with Crippen LogP contribution >= 0.6 is 0 Å². The Balaban J connectivity index is 1.51. The number of ether oxygens (including phenoxy) is 1. The van der Waals surface area contributed by atoms with E-state index in [0.29, 0.717) is 12.6 Å². The average Bonchev–Trinajstić information content (AvgIpc) is 3.11. The van der Waals surface area contributed by atoms with E-state index in [9.17, 15) is 4.79 Å². The summed E-state index contributed by atoms with van der Waals surface area (Å²) >= 11 is 0. The lowest BCUT2D eigenvalue weighted by Crippen LogP contribution is -2.25. The number of aromatic nitrogens is 2. The molecule has 5 heteroatoms. The molecule has 5 rings (SSSR count). The second-order valence-electron chi connectivity index (χ2n) is 8.54. The van der Waals surface area contributed by atoms with Crippen molar-refractivity contribution < 1.29 is 4.74 Å². The molecule has 156 valence electrons. The smallest absolute Gasteiger partial charge is 0.279 e. The normalized spacial score (nSPS) is 14.7. The maximum Gasteiger partial charge on any atom is 0.279 e. The van der Waals surface area contributed by atoms with Crippen LogP contribution in [0.3, 0.4) is 0 Å². The second-order valence-corrected chi connectivity index (χ2v) is 8.54. The summed E-state index contributed by atoms with van der Waals surface area (Å²) in [4.78, 5) is 13.5. The summed E-state index contributed by atoms with van der Waals surface area (Å²) in [5.74, 6) is 0.803. The summed E-state index contributed by atoms with van der Waals surface area (Å²) in [5.41, 5.74) is 4.23. The third-order valence-electron chi connectivity index (χ3n) is 6.29. The minimum Gasteiger partial charge on any atom is -0.489 e. The molecule has 0 unspecified atom stereocenters. The Morgan fingerprint density at radius 2 is 1.65 bits per heavy atom. The van der Waals surface area contributed by atoms with E-state index in [0.717, 1.165) is 46.2 Å². The van der Waals surface area contributed by atoms with Gasteiger partial charge in [-0.25, -0.2) is 4.68 Å². The van der Waals surface area contributed by atoms with Gasteiger partial charge in [0.15, 0.2) is 0 Å². The largest absolute Gasteiger partial charge is 0.489 e. The van der Waals surface area contributed by atoms with E-state index >= 15 is 0 Å². The molecule has 1 saturated carbocycles. The minimum absolute atomic E-state index is 0.0576. The van der Waals surface area contributed by atoms with Gasteiger partial charge in [-0.05, 0) is 48.7 Å². The molecular weight excluding hydrogens is 383 g/mol. The monoisotopic (exact) mass is 410 g/mol. The summed E-state index contributed by atoms with van der Waals surface area (Å²) < 4.78 is 10.1. The van der Waals surface area contributed by atoms with Crippen molar-refractivity contribution in [2.75, 3.05) is 0 Å². The van der Waals surface area contributed by atoms with E-state index in [4.69, 9.17) is 4.74 Å². The molecule has 0 N–H and O–H groups in total. The van der Waals surface area contributed by atoms with E-state index in [2.05, 4.69) is 28.9 Å². The number of fused-ring (bicyclic) bond motifs is 1. The molecule has 31 heavy (non-hydrogen) atoms. The van der Waals surface area contributed by atoms with Crippen LogP contribution in [0.4, 0.5) is 0 Å². The van der Waals surface area contributed by atoms with Gasteiger partial charge in [0.25, 0.3) is 5.56 Å². The lowest BCUT2D eigenvalue weighted by Gasteiger charge is -2.26. The van der Waals surface area contributed by atoms with Gasteiger partial charge in [-0.2, -0.15) is 0 Å². The quantitative estimate of drug-likeness (QED) is 0.464. The molecule has 1 heterocycles. The molecule has 4 aromatic rings. The standard InChI is InChI=1S/C26H27BN2O2/c27-20-11-16-25-24(17-20)26(30)29(28(25)21-9-5-2-6-10-21)22-12-14-23(15-13-22)31-18-19-7-3-1-4-8-19/h1,3-4,7-8,11-17,21H,2,5-6,9-10,18,27H2. The van der Waals surface area contributed by atoms with Crippen LogP contribution in [0.1, 0.15) is 43.7 Å². The highest BCUT2D eigenvalue weighted by molar-refractivity contribution is 6.33. The predicted molar refractivity (Wildman–Crippen MR) is 129 cm³/mol. The van der Waals surface area contributed by atoms with Crippen molar-refractivity contribution in [3.8, 4) is 11.4 Å². The van der Waals surface area contributed by atoms with Gasteiger partial charge in [0.1, 0.15) is 20.2 Å².